The van der Waals surface area contributed by atoms with Gasteiger partial charge in [0.25, 0.3) is 0 Å². The Morgan fingerprint density at radius 3 is 2.39 bits per heavy atom. The zero-order valence-corrected chi connectivity index (χ0v) is 13.3. The molecule has 0 heterocycles. The van der Waals surface area contributed by atoms with Gasteiger partial charge in [0.05, 0.1) is 0 Å². The van der Waals surface area contributed by atoms with Crippen LogP contribution in [0.25, 0.3) is 0 Å². The Bertz CT molecular complexity index is 533. The van der Waals surface area contributed by atoms with Crippen molar-refractivity contribution in [3.63, 3.8) is 0 Å². The maximum atomic E-state index is 11.7. The Balaban J connectivity index is 2.33. The Kier molecular flexibility index (Phi) is 7.76. The number of anilines is 1. The van der Waals surface area contributed by atoms with Gasteiger partial charge in [0.2, 0.25) is 5.91 Å². The van der Waals surface area contributed by atoms with Crippen LogP contribution in [0.1, 0.15) is 26.7 Å². The lowest BCUT2D eigenvalue weighted by atomic mass is 9.99. The van der Waals surface area contributed by atoms with Gasteiger partial charge >= 0.3 is 12.0 Å². The van der Waals surface area contributed by atoms with Gasteiger partial charge in [-0.2, -0.15) is 0 Å². The van der Waals surface area contributed by atoms with Crippen LogP contribution in [0, 0.1) is 5.92 Å². The van der Waals surface area contributed by atoms with Gasteiger partial charge < -0.3 is 15.7 Å². The van der Waals surface area contributed by atoms with Gasteiger partial charge in [-0.3, -0.25) is 14.9 Å². The van der Waals surface area contributed by atoms with E-state index in [0.29, 0.717) is 5.69 Å². The molecule has 0 aromatic heterocycles. The standard InChI is InChI=1S/C16H23N3O4/c1-3-11(2)14(15(21)22)17-10-9-13(20)19-16(23)18-12-7-5-4-6-8-12/h4-8,11,14,17H,3,9-10H2,1-2H3,(H,21,22)(H2,18,19,20,23)/t11-,14-/m0/s1. The molecule has 23 heavy (non-hydrogen) atoms. The van der Waals surface area contributed by atoms with Gasteiger partial charge in [0, 0.05) is 18.7 Å². The molecule has 3 amide bonds. The number of carboxylic acids is 1. The van der Waals surface area contributed by atoms with E-state index in [4.69, 9.17) is 5.11 Å². The molecule has 0 unspecified atom stereocenters. The van der Waals surface area contributed by atoms with Gasteiger partial charge in [-0.1, -0.05) is 38.5 Å². The Labute approximate surface area is 135 Å². The molecule has 0 fully saturated rings. The normalized spacial score (nSPS) is 13.0. The van der Waals surface area contributed by atoms with Gasteiger partial charge in [0.1, 0.15) is 6.04 Å². The summed E-state index contributed by atoms with van der Waals surface area (Å²) in [7, 11) is 0. The SMILES string of the molecule is CC[C@H](C)[C@H](NCCC(=O)NC(=O)Nc1ccccc1)C(=O)O. The van der Waals surface area contributed by atoms with Crippen molar-refractivity contribution in [2.24, 2.45) is 5.92 Å². The van der Waals surface area contributed by atoms with Crippen LogP contribution in [0.3, 0.4) is 0 Å². The molecule has 4 N–H and O–H groups in total. The number of rotatable bonds is 8. The second kappa shape index (κ2) is 9.58. The molecule has 1 rings (SSSR count). The quantitative estimate of drug-likeness (QED) is 0.584. The summed E-state index contributed by atoms with van der Waals surface area (Å²) in [6, 6.07) is 7.44. The number of para-hydroxylation sites is 1. The average Bonchev–Trinajstić information content (AvgIpc) is 2.51. The van der Waals surface area contributed by atoms with Crippen LogP contribution in [0.15, 0.2) is 30.3 Å². The van der Waals surface area contributed by atoms with Crippen molar-refractivity contribution in [1.82, 2.24) is 10.6 Å². The monoisotopic (exact) mass is 321 g/mol. The van der Waals surface area contributed by atoms with Gasteiger partial charge in [-0.05, 0) is 18.1 Å². The van der Waals surface area contributed by atoms with E-state index < -0.39 is 23.9 Å². The molecule has 0 spiro atoms. The van der Waals surface area contributed by atoms with Crippen molar-refractivity contribution in [3.8, 4) is 0 Å². The van der Waals surface area contributed by atoms with E-state index in [0.717, 1.165) is 6.42 Å². The topological polar surface area (TPSA) is 108 Å². The molecule has 1 aromatic rings. The summed E-state index contributed by atoms with van der Waals surface area (Å²) in [5.74, 6) is -1.46. The number of carbonyl (C=O) groups excluding carboxylic acids is 2. The van der Waals surface area contributed by atoms with E-state index in [1.807, 2.05) is 19.9 Å². The van der Waals surface area contributed by atoms with Crippen LogP contribution in [-0.4, -0.2) is 35.6 Å². The predicted octanol–water partition coefficient (Wildman–Crippen LogP) is 1.81. The maximum absolute atomic E-state index is 11.7. The molecule has 0 aliphatic carbocycles. The summed E-state index contributed by atoms with van der Waals surface area (Å²) in [6.07, 6.45) is 0.734. The fourth-order valence-electron chi connectivity index (χ4n) is 1.98. The molecule has 0 aliphatic heterocycles. The molecule has 0 aliphatic rings. The lowest BCUT2D eigenvalue weighted by Gasteiger charge is -2.19. The Morgan fingerprint density at radius 1 is 1.17 bits per heavy atom. The third-order valence-corrected chi connectivity index (χ3v) is 3.48. The molecule has 1 aromatic carbocycles. The minimum atomic E-state index is -0.943. The van der Waals surface area contributed by atoms with E-state index in [-0.39, 0.29) is 18.9 Å². The molecule has 126 valence electrons. The number of benzene rings is 1. The number of hydrogen-bond acceptors (Lipinski definition) is 4. The summed E-state index contributed by atoms with van der Waals surface area (Å²) in [6.45, 7) is 3.92. The van der Waals surface area contributed by atoms with E-state index in [1.165, 1.54) is 0 Å². The highest BCUT2D eigenvalue weighted by atomic mass is 16.4. The fraction of sp³-hybridized carbons (Fsp3) is 0.438. The number of amides is 3. The van der Waals surface area contributed by atoms with Crippen LogP contribution in [0.5, 0.6) is 0 Å². The molecule has 0 bridgehead atoms. The summed E-state index contributed by atoms with van der Waals surface area (Å²) in [4.78, 5) is 34.4. The van der Waals surface area contributed by atoms with Gasteiger partial charge in [-0.25, -0.2) is 4.79 Å². The van der Waals surface area contributed by atoms with Gasteiger partial charge in [0.15, 0.2) is 0 Å². The average molecular weight is 321 g/mol. The number of aliphatic carboxylic acids is 1. The first-order chi connectivity index (χ1) is 10.9. The number of nitrogens with one attached hydrogen (secondary N) is 3. The third kappa shape index (κ3) is 6.92. The molecule has 7 heteroatoms. The molecular formula is C16H23N3O4. The highest BCUT2D eigenvalue weighted by Gasteiger charge is 2.22. The van der Waals surface area contributed by atoms with Gasteiger partial charge in [-0.15, -0.1) is 0 Å². The van der Waals surface area contributed by atoms with Crippen molar-refractivity contribution in [2.75, 3.05) is 11.9 Å². The van der Waals surface area contributed by atoms with Crippen molar-refractivity contribution >= 4 is 23.6 Å². The number of hydrogen-bond donors (Lipinski definition) is 4. The van der Waals surface area contributed by atoms with Crippen molar-refractivity contribution in [3.05, 3.63) is 30.3 Å². The molecule has 0 saturated heterocycles. The smallest absolute Gasteiger partial charge is 0.325 e. The number of urea groups is 1. The van der Waals surface area contributed by atoms with E-state index in [9.17, 15) is 14.4 Å². The minimum absolute atomic E-state index is 0.0163. The number of imide groups is 1. The minimum Gasteiger partial charge on any atom is -0.480 e. The summed E-state index contributed by atoms with van der Waals surface area (Å²) in [5.41, 5.74) is 0.582. The zero-order chi connectivity index (χ0) is 17.2. The van der Waals surface area contributed by atoms with Crippen LogP contribution < -0.4 is 16.0 Å². The highest BCUT2D eigenvalue weighted by molar-refractivity contribution is 6.01. The number of carboxylic acid groups (broad SMARTS) is 1. The van der Waals surface area contributed by atoms with Crippen molar-refractivity contribution < 1.29 is 19.5 Å². The summed E-state index contributed by atoms with van der Waals surface area (Å²) < 4.78 is 0. The number of carbonyl (C=O) groups is 3. The first kappa shape index (κ1) is 18.6. The first-order valence-corrected chi connectivity index (χ1v) is 7.56. The third-order valence-electron chi connectivity index (χ3n) is 3.48. The fourth-order valence-corrected chi connectivity index (χ4v) is 1.98. The van der Waals surface area contributed by atoms with Crippen LogP contribution in [0.4, 0.5) is 10.5 Å². The molecule has 7 nitrogen and oxygen atoms in total. The molecule has 0 radical (unpaired) electrons. The lowest BCUT2D eigenvalue weighted by molar-refractivity contribution is -0.141. The highest BCUT2D eigenvalue weighted by Crippen LogP contribution is 2.07. The second-order valence-electron chi connectivity index (χ2n) is 5.27. The predicted molar refractivity (Wildman–Crippen MR) is 87.1 cm³/mol. The Hall–Kier alpha value is -2.41. The van der Waals surface area contributed by atoms with E-state index >= 15 is 0 Å². The maximum Gasteiger partial charge on any atom is 0.325 e. The summed E-state index contributed by atoms with van der Waals surface area (Å²) in [5, 5.41) is 16.7. The molecular weight excluding hydrogens is 298 g/mol. The van der Waals surface area contributed by atoms with Crippen LogP contribution in [0.2, 0.25) is 0 Å². The van der Waals surface area contributed by atoms with Crippen molar-refractivity contribution in [2.45, 2.75) is 32.7 Å². The molecule has 0 saturated carbocycles. The summed E-state index contributed by atoms with van der Waals surface area (Å²) >= 11 is 0. The lowest BCUT2D eigenvalue weighted by Crippen LogP contribution is -2.43. The second-order valence-corrected chi connectivity index (χ2v) is 5.27. The molecule has 2 atom stereocenters. The van der Waals surface area contributed by atoms with Crippen molar-refractivity contribution in [1.29, 1.82) is 0 Å². The van der Waals surface area contributed by atoms with Crippen LogP contribution >= 0.6 is 0 Å². The largest absolute Gasteiger partial charge is 0.480 e. The first-order valence-electron chi connectivity index (χ1n) is 7.56. The zero-order valence-electron chi connectivity index (χ0n) is 13.3. The van der Waals surface area contributed by atoms with Crippen LogP contribution in [-0.2, 0) is 9.59 Å². The Morgan fingerprint density at radius 2 is 1.83 bits per heavy atom. The van der Waals surface area contributed by atoms with E-state index in [2.05, 4.69) is 16.0 Å². The van der Waals surface area contributed by atoms with E-state index in [1.54, 1.807) is 24.3 Å².